The first kappa shape index (κ1) is 23.7. The maximum atomic E-state index is 12.8. The number of carboxylic acid groups (broad SMARTS) is 1. The summed E-state index contributed by atoms with van der Waals surface area (Å²) in [5, 5.41) is 14.2. The van der Waals surface area contributed by atoms with Crippen LogP contribution in [0.25, 0.3) is 11.1 Å². The summed E-state index contributed by atoms with van der Waals surface area (Å²) >= 11 is 0. The number of carbonyl (C=O) groups is 3. The number of rotatable bonds is 9. The van der Waals surface area contributed by atoms with Crippen molar-refractivity contribution in [3.8, 4) is 11.1 Å². The molecule has 0 saturated carbocycles. The maximum Gasteiger partial charge on any atom is 0.407 e. The van der Waals surface area contributed by atoms with Gasteiger partial charge < -0.3 is 25.5 Å². The molecule has 180 valence electrons. The molecule has 9 nitrogen and oxygen atoms in total. The summed E-state index contributed by atoms with van der Waals surface area (Å²) in [6.07, 6.45) is 3.88. The average molecular weight is 475 g/mol. The van der Waals surface area contributed by atoms with Gasteiger partial charge in [0.2, 0.25) is 5.91 Å². The summed E-state index contributed by atoms with van der Waals surface area (Å²) in [5.41, 5.74) is 5.19. The third-order valence-corrected chi connectivity index (χ3v) is 5.95. The predicted molar refractivity (Wildman–Crippen MR) is 129 cm³/mol. The van der Waals surface area contributed by atoms with Crippen LogP contribution in [-0.4, -0.2) is 52.2 Å². The fourth-order valence-corrected chi connectivity index (χ4v) is 4.12. The van der Waals surface area contributed by atoms with Crippen LogP contribution in [0.15, 0.2) is 72.7 Å². The van der Waals surface area contributed by atoms with Gasteiger partial charge in [-0.1, -0.05) is 54.6 Å². The zero-order chi connectivity index (χ0) is 24.8. The summed E-state index contributed by atoms with van der Waals surface area (Å²) in [6, 6.07) is 15.1. The minimum atomic E-state index is -1.06. The quantitative estimate of drug-likeness (QED) is 0.352. The number of carbonyl (C=O) groups excluding carboxylic acids is 2. The lowest BCUT2D eigenvalue weighted by molar-refractivity contribution is -0.132. The Balaban J connectivity index is 1.41. The van der Waals surface area contributed by atoms with Crippen molar-refractivity contribution in [2.75, 3.05) is 13.2 Å². The van der Waals surface area contributed by atoms with E-state index < -0.39 is 24.0 Å². The Hall–Kier alpha value is -4.40. The SMILES string of the molecule is C/C(=C\CNC(=O)[C@H](Cc1cnc[nH]1)NC(=O)OCC1c2ccccc2-c2ccccc21)C(=O)O. The Labute approximate surface area is 202 Å². The fraction of sp³-hybridized carbons (Fsp3) is 0.231. The summed E-state index contributed by atoms with van der Waals surface area (Å²) in [7, 11) is 0. The number of alkyl carbamates (subject to hydrolysis) is 1. The zero-order valence-electron chi connectivity index (χ0n) is 19.2. The smallest absolute Gasteiger partial charge is 0.407 e. The number of nitrogens with one attached hydrogen (secondary N) is 3. The molecule has 35 heavy (non-hydrogen) atoms. The molecule has 4 rings (SSSR count). The largest absolute Gasteiger partial charge is 0.478 e. The highest BCUT2D eigenvalue weighted by Gasteiger charge is 2.30. The van der Waals surface area contributed by atoms with Gasteiger partial charge in [-0.05, 0) is 29.2 Å². The average Bonchev–Trinajstić information content (AvgIpc) is 3.48. The van der Waals surface area contributed by atoms with Crippen LogP contribution in [0.4, 0.5) is 4.79 Å². The number of imidazole rings is 1. The molecule has 3 aromatic rings. The third-order valence-electron chi connectivity index (χ3n) is 5.95. The lowest BCUT2D eigenvalue weighted by Gasteiger charge is -2.19. The van der Waals surface area contributed by atoms with Crippen molar-refractivity contribution >= 4 is 18.0 Å². The lowest BCUT2D eigenvalue weighted by Crippen LogP contribution is -2.48. The molecule has 1 aliphatic carbocycles. The van der Waals surface area contributed by atoms with E-state index >= 15 is 0 Å². The highest BCUT2D eigenvalue weighted by molar-refractivity contribution is 5.87. The van der Waals surface area contributed by atoms with Crippen molar-refractivity contribution in [3.05, 3.63) is 89.5 Å². The third kappa shape index (κ3) is 5.57. The molecule has 4 N–H and O–H groups in total. The second-order valence-electron chi connectivity index (χ2n) is 8.24. The Morgan fingerprint density at radius 3 is 2.37 bits per heavy atom. The second-order valence-corrected chi connectivity index (χ2v) is 8.24. The Kier molecular flexibility index (Phi) is 7.25. The van der Waals surface area contributed by atoms with Gasteiger partial charge in [-0.25, -0.2) is 14.6 Å². The van der Waals surface area contributed by atoms with Gasteiger partial charge in [0.05, 0.1) is 6.33 Å². The van der Waals surface area contributed by atoms with E-state index in [1.54, 1.807) is 6.20 Å². The van der Waals surface area contributed by atoms with Crippen LogP contribution >= 0.6 is 0 Å². The Morgan fingerprint density at radius 2 is 1.77 bits per heavy atom. The van der Waals surface area contributed by atoms with Crippen LogP contribution in [0.5, 0.6) is 0 Å². The number of amides is 2. The number of aromatic amines is 1. The van der Waals surface area contributed by atoms with E-state index in [-0.39, 0.29) is 31.1 Å². The van der Waals surface area contributed by atoms with Crippen molar-refractivity contribution in [1.82, 2.24) is 20.6 Å². The van der Waals surface area contributed by atoms with Crippen molar-refractivity contribution in [2.24, 2.45) is 0 Å². The minimum absolute atomic E-state index is 0.0167. The number of aromatic nitrogens is 2. The lowest BCUT2D eigenvalue weighted by atomic mass is 9.98. The van der Waals surface area contributed by atoms with Crippen molar-refractivity contribution < 1.29 is 24.2 Å². The van der Waals surface area contributed by atoms with Gasteiger partial charge >= 0.3 is 12.1 Å². The molecular weight excluding hydrogens is 448 g/mol. The standard InChI is InChI=1S/C26H26N4O5/c1-16(25(32)33)10-11-28-24(31)23(12-17-13-27-15-29-17)30-26(34)35-14-22-20-8-4-2-6-18(20)19-7-3-5-9-21(19)22/h2-10,13,15,22-23H,11-12,14H2,1H3,(H,27,29)(H,28,31)(H,30,34)(H,32,33)/b16-10+/t23-/m0/s1. The molecule has 0 unspecified atom stereocenters. The van der Waals surface area contributed by atoms with Gasteiger partial charge in [-0.3, -0.25) is 4.79 Å². The van der Waals surface area contributed by atoms with Crippen LogP contribution < -0.4 is 10.6 Å². The fourth-order valence-electron chi connectivity index (χ4n) is 4.12. The Bertz CT molecular complexity index is 1210. The Morgan fingerprint density at radius 1 is 1.11 bits per heavy atom. The van der Waals surface area contributed by atoms with E-state index in [0.29, 0.717) is 5.69 Å². The van der Waals surface area contributed by atoms with Gasteiger partial charge in [-0.2, -0.15) is 0 Å². The summed E-state index contributed by atoms with van der Waals surface area (Å²) in [5.74, 6) is -1.63. The number of benzene rings is 2. The van der Waals surface area contributed by atoms with Gasteiger partial charge in [0, 0.05) is 36.3 Å². The molecule has 0 bridgehead atoms. The normalized spacial score (nSPS) is 13.5. The van der Waals surface area contributed by atoms with E-state index in [0.717, 1.165) is 22.3 Å². The van der Waals surface area contributed by atoms with Crippen LogP contribution in [0, 0.1) is 0 Å². The first-order chi connectivity index (χ1) is 16.9. The van der Waals surface area contributed by atoms with Gasteiger partial charge in [0.15, 0.2) is 0 Å². The van der Waals surface area contributed by atoms with Gasteiger partial charge in [-0.15, -0.1) is 0 Å². The van der Waals surface area contributed by atoms with Crippen LogP contribution in [0.2, 0.25) is 0 Å². The number of hydrogen-bond acceptors (Lipinski definition) is 5. The van der Waals surface area contributed by atoms with E-state index in [9.17, 15) is 14.4 Å². The van der Waals surface area contributed by atoms with Crippen LogP contribution in [0.3, 0.4) is 0 Å². The summed E-state index contributed by atoms with van der Waals surface area (Å²) < 4.78 is 5.57. The molecule has 1 aliphatic rings. The van der Waals surface area contributed by atoms with Crippen molar-refractivity contribution in [1.29, 1.82) is 0 Å². The van der Waals surface area contributed by atoms with Gasteiger partial charge in [0.25, 0.3) is 0 Å². The molecular formula is C26H26N4O5. The highest BCUT2D eigenvalue weighted by atomic mass is 16.5. The second kappa shape index (κ2) is 10.7. The minimum Gasteiger partial charge on any atom is -0.478 e. The zero-order valence-corrected chi connectivity index (χ0v) is 19.2. The molecule has 0 fully saturated rings. The van der Waals surface area contributed by atoms with E-state index in [2.05, 4.69) is 32.7 Å². The summed E-state index contributed by atoms with van der Waals surface area (Å²) in [6.45, 7) is 1.58. The monoisotopic (exact) mass is 474 g/mol. The topological polar surface area (TPSA) is 133 Å². The first-order valence-corrected chi connectivity index (χ1v) is 11.2. The maximum absolute atomic E-state index is 12.8. The van der Waals surface area contributed by atoms with Crippen molar-refractivity contribution in [3.63, 3.8) is 0 Å². The molecule has 0 aliphatic heterocycles. The summed E-state index contributed by atoms with van der Waals surface area (Å²) in [4.78, 5) is 43.3. The molecule has 9 heteroatoms. The molecule has 0 saturated heterocycles. The number of carboxylic acids is 1. The molecule has 1 atom stereocenters. The molecule has 2 amide bonds. The van der Waals surface area contributed by atoms with E-state index in [1.165, 1.54) is 19.3 Å². The number of ether oxygens (including phenoxy) is 1. The number of fused-ring (bicyclic) bond motifs is 3. The number of nitrogens with zero attached hydrogens (tertiary/aromatic N) is 1. The number of H-pyrrole nitrogens is 1. The molecule has 0 spiro atoms. The number of aliphatic carboxylic acids is 1. The van der Waals surface area contributed by atoms with E-state index in [1.807, 2.05) is 36.4 Å². The van der Waals surface area contributed by atoms with Crippen LogP contribution in [-0.2, 0) is 20.7 Å². The number of hydrogen-bond donors (Lipinski definition) is 4. The van der Waals surface area contributed by atoms with Gasteiger partial charge in [0.1, 0.15) is 12.6 Å². The molecule has 0 radical (unpaired) electrons. The highest BCUT2D eigenvalue weighted by Crippen LogP contribution is 2.44. The van der Waals surface area contributed by atoms with Crippen molar-refractivity contribution in [2.45, 2.75) is 25.3 Å². The predicted octanol–water partition coefficient (Wildman–Crippen LogP) is 3.01. The van der Waals surface area contributed by atoms with E-state index in [4.69, 9.17) is 9.84 Å². The molecule has 2 aromatic carbocycles. The van der Waals surface area contributed by atoms with Crippen LogP contribution in [0.1, 0.15) is 29.7 Å². The first-order valence-electron chi connectivity index (χ1n) is 11.2. The molecule has 1 aromatic heterocycles. The molecule has 1 heterocycles.